The van der Waals surface area contributed by atoms with Crippen LogP contribution in [0, 0.1) is 5.92 Å². The van der Waals surface area contributed by atoms with Crippen LogP contribution in [-0.4, -0.2) is 68.5 Å². The number of hydrogen-bond acceptors (Lipinski definition) is 7. The predicted molar refractivity (Wildman–Crippen MR) is 136 cm³/mol. The van der Waals surface area contributed by atoms with Crippen molar-refractivity contribution >= 4 is 11.9 Å². The fraction of sp³-hybridized carbons (Fsp3) is 0.643. The summed E-state index contributed by atoms with van der Waals surface area (Å²) < 4.78 is 21.6. The maximum atomic E-state index is 14.2. The first-order valence-electron chi connectivity index (χ1n) is 13.1. The number of hydrogen-bond donors (Lipinski definition) is 1. The quantitative estimate of drug-likeness (QED) is 0.253. The molecular weight excluding hydrogens is 462 g/mol. The number of amides is 1. The van der Waals surface area contributed by atoms with E-state index in [1.54, 1.807) is 23.1 Å². The molecule has 1 aliphatic heterocycles. The van der Waals surface area contributed by atoms with Gasteiger partial charge in [-0.2, -0.15) is 0 Å². The molecule has 3 rings (SSSR count). The summed E-state index contributed by atoms with van der Waals surface area (Å²) in [7, 11) is 2.98. The maximum absolute atomic E-state index is 14.2. The number of esters is 1. The number of carbonyl (C=O) groups is 2. The summed E-state index contributed by atoms with van der Waals surface area (Å²) in [5.41, 5.74) is 0.694. The standard InChI is InChI=1S/C28H41NO7/c1-4-15-35-16-10-17-36-28(32)22-13-8-9-14-29(22)27(31)25(20-11-6-5-7-12-20)21-18-23(30)26(34-3)24(19-21)33-2/h4,18-20,22,25,30H,1,5-17H2,2-3H3/t22-,25-/m0/s1. The van der Waals surface area contributed by atoms with Gasteiger partial charge in [0.05, 0.1) is 40.0 Å². The van der Waals surface area contributed by atoms with Gasteiger partial charge in [0, 0.05) is 13.0 Å². The first-order valence-corrected chi connectivity index (χ1v) is 13.1. The van der Waals surface area contributed by atoms with Gasteiger partial charge in [-0.25, -0.2) is 4.79 Å². The molecule has 1 heterocycles. The number of piperidine rings is 1. The Balaban J connectivity index is 1.82. The highest BCUT2D eigenvalue weighted by Gasteiger charge is 2.40. The Morgan fingerprint density at radius 2 is 1.83 bits per heavy atom. The molecule has 0 unspecified atom stereocenters. The summed E-state index contributed by atoms with van der Waals surface area (Å²) in [6.07, 6.45) is 9.72. The molecule has 36 heavy (non-hydrogen) atoms. The van der Waals surface area contributed by atoms with E-state index in [1.807, 2.05) is 0 Å². The van der Waals surface area contributed by atoms with Crippen molar-refractivity contribution in [2.24, 2.45) is 5.92 Å². The van der Waals surface area contributed by atoms with Crippen LogP contribution in [0.4, 0.5) is 0 Å². The predicted octanol–water partition coefficient (Wildman–Crippen LogP) is 4.59. The van der Waals surface area contributed by atoms with E-state index in [-0.39, 0.29) is 35.9 Å². The molecule has 1 N–H and O–H groups in total. The first kappa shape index (κ1) is 27.8. The summed E-state index contributed by atoms with van der Waals surface area (Å²) in [5, 5.41) is 10.6. The second kappa shape index (κ2) is 14.1. The van der Waals surface area contributed by atoms with Crippen molar-refractivity contribution in [1.29, 1.82) is 0 Å². The van der Waals surface area contributed by atoms with Gasteiger partial charge in [0.15, 0.2) is 11.5 Å². The van der Waals surface area contributed by atoms with Crippen LogP contribution in [-0.2, 0) is 19.1 Å². The topological polar surface area (TPSA) is 94.5 Å². The van der Waals surface area contributed by atoms with Gasteiger partial charge >= 0.3 is 5.97 Å². The highest BCUT2D eigenvalue weighted by atomic mass is 16.5. The zero-order chi connectivity index (χ0) is 25.9. The van der Waals surface area contributed by atoms with Crippen LogP contribution < -0.4 is 9.47 Å². The molecule has 8 nitrogen and oxygen atoms in total. The van der Waals surface area contributed by atoms with Gasteiger partial charge in [-0.05, 0) is 55.7 Å². The Bertz CT molecular complexity index is 881. The van der Waals surface area contributed by atoms with Crippen molar-refractivity contribution in [1.82, 2.24) is 4.90 Å². The monoisotopic (exact) mass is 503 g/mol. The molecule has 200 valence electrons. The van der Waals surface area contributed by atoms with Gasteiger partial charge in [0.25, 0.3) is 0 Å². The van der Waals surface area contributed by atoms with Crippen LogP contribution in [0.3, 0.4) is 0 Å². The van der Waals surface area contributed by atoms with Crippen molar-refractivity contribution in [3.8, 4) is 17.2 Å². The van der Waals surface area contributed by atoms with Crippen molar-refractivity contribution in [3.63, 3.8) is 0 Å². The largest absolute Gasteiger partial charge is 0.504 e. The number of rotatable bonds is 12. The summed E-state index contributed by atoms with van der Waals surface area (Å²) in [5.74, 6) is -0.217. The van der Waals surface area contributed by atoms with E-state index >= 15 is 0 Å². The van der Waals surface area contributed by atoms with E-state index in [1.165, 1.54) is 14.2 Å². The van der Waals surface area contributed by atoms with Crippen LogP contribution in [0.5, 0.6) is 17.2 Å². The molecule has 1 aromatic rings. The lowest BCUT2D eigenvalue weighted by molar-refractivity contribution is -0.158. The molecule has 1 amide bonds. The Morgan fingerprint density at radius 1 is 1.08 bits per heavy atom. The number of phenols is 1. The smallest absolute Gasteiger partial charge is 0.328 e. The molecule has 0 spiro atoms. The number of benzene rings is 1. The van der Waals surface area contributed by atoms with Crippen LogP contribution in [0.15, 0.2) is 24.8 Å². The van der Waals surface area contributed by atoms with E-state index < -0.39 is 12.0 Å². The van der Waals surface area contributed by atoms with E-state index in [0.717, 1.165) is 44.9 Å². The number of ether oxygens (including phenoxy) is 4. The van der Waals surface area contributed by atoms with Crippen LogP contribution in [0.1, 0.15) is 69.3 Å². The number of likely N-dealkylation sites (tertiary alicyclic amines) is 1. The molecule has 8 heteroatoms. The highest BCUT2D eigenvalue weighted by Crippen LogP contribution is 2.44. The number of aromatic hydroxyl groups is 1. The summed E-state index contributed by atoms with van der Waals surface area (Å²) >= 11 is 0. The average Bonchev–Trinajstić information content (AvgIpc) is 2.90. The van der Waals surface area contributed by atoms with Gasteiger partial charge in [0.1, 0.15) is 6.04 Å². The molecular formula is C28H41NO7. The third-order valence-electron chi connectivity index (χ3n) is 7.20. The minimum Gasteiger partial charge on any atom is -0.504 e. The molecule has 0 radical (unpaired) electrons. The molecule has 2 aliphatic rings. The normalized spacial score (nSPS) is 19.4. The fourth-order valence-corrected chi connectivity index (χ4v) is 5.44. The lowest BCUT2D eigenvalue weighted by Gasteiger charge is -2.39. The Labute approximate surface area is 214 Å². The highest BCUT2D eigenvalue weighted by molar-refractivity contribution is 5.89. The Morgan fingerprint density at radius 3 is 2.53 bits per heavy atom. The second-order valence-corrected chi connectivity index (χ2v) is 9.58. The number of methoxy groups -OCH3 is 2. The van der Waals surface area contributed by atoms with E-state index in [9.17, 15) is 14.7 Å². The minimum absolute atomic E-state index is 0.0614. The molecule has 1 aliphatic carbocycles. The van der Waals surface area contributed by atoms with Crippen molar-refractivity contribution in [2.45, 2.75) is 69.7 Å². The average molecular weight is 504 g/mol. The Kier molecular flexibility index (Phi) is 10.9. The van der Waals surface area contributed by atoms with E-state index in [0.29, 0.717) is 43.9 Å². The molecule has 1 saturated carbocycles. The maximum Gasteiger partial charge on any atom is 0.328 e. The van der Waals surface area contributed by atoms with Crippen LogP contribution in [0.2, 0.25) is 0 Å². The number of carbonyl (C=O) groups excluding carboxylic acids is 2. The lowest BCUT2D eigenvalue weighted by Crippen LogP contribution is -2.51. The Hall–Kier alpha value is -2.74. The number of phenolic OH excluding ortho intramolecular Hbond substituents is 1. The third-order valence-corrected chi connectivity index (χ3v) is 7.20. The fourth-order valence-electron chi connectivity index (χ4n) is 5.44. The zero-order valence-electron chi connectivity index (χ0n) is 21.7. The van der Waals surface area contributed by atoms with Gasteiger partial charge in [-0.15, -0.1) is 6.58 Å². The van der Waals surface area contributed by atoms with Gasteiger partial charge in [-0.3, -0.25) is 4.79 Å². The van der Waals surface area contributed by atoms with Gasteiger partial charge < -0.3 is 29.0 Å². The SMILES string of the molecule is C=CCOCCCOC(=O)[C@@H]1CCCCN1C(=O)[C@H](c1cc(O)c(OC)c(OC)c1)C1CCCCC1. The van der Waals surface area contributed by atoms with E-state index in [2.05, 4.69) is 6.58 Å². The van der Waals surface area contributed by atoms with Gasteiger partial charge in [-0.1, -0.05) is 25.3 Å². The first-order chi connectivity index (χ1) is 17.5. The molecule has 1 saturated heterocycles. The van der Waals surface area contributed by atoms with Crippen LogP contribution >= 0.6 is 0 Å². The van der Waals surface area contributed by atoms with Crippen molar-refractivity contribution < 1.29 is 33.6 Å². The van der Waals surface area contributed by atoms with Crippen molar-refractivity contribution in [2.75, 3.05) is 40.6 Å². The molecule has 0 bridgehead atoms. The van der Waals surface area contributed by atoms with Crippen molar-refractivity contribution in [3.05, 3.63) is 30.4 Å². The summed E-state index contributed by atoms with van der Waals surface area (Å²) in [6, 6.07) is 2.80. The molecule has 2 fully saturated rings. The zero-order valence-corrected chi connectivity index (χ0v) is 21.7. The lowest BCUT2D eigenvalue weighted by atomic mass is 9.75. The van der Waals surface area contributed by atoms with E-state index in [4.69, 9.17) is 18.9 Å². The van der Waals surface area contributed by atoms with Crippen LogP contribution in [0.25, 0.3) is 0 Å². The summed E-state index contributed by atoms with van der Waals surface area (Å²) in [4.78, 5) is 28.9. The second-order valence-electron chi connectivity index (χ2n) is 9.58. The minimum atomic E-state index is -0.597. The molecule has 2 atom stereocenters. The van der Waals surface area contributed by atoms with Gasteiger partial charge in [0.2, 0.25) is 11.7 Å². The third kappa shape index (κ3) is 6.93. The number of nitrogens with zero attached hydrogens (tertiary/aromatic N) is 1. The molecule has 0 aromatic heterocycles. The molecule has 1 aromatic carbocycles. The summed E-state index contributed by atoms with van der Waals surface area (Å²) in [6.45, 7) is 5.33.